The molecule has 0 aliphatic carbocycles. The van der Waals surface area contributed by atoms with Crippen molar-refractivity contribution in [1.29, 1.82) is 0 Å². The molecule has 1 aromatic rings. The molecule has 116 valence electrons. The van der Waals surface area contributed by atoms with E-state index in [1.807, 2.05) is 34.6 Å². The van der Waals surface area contributed by atoms with Crippen LogP contribution in [-0.4, -0.2) is 23.9 Å². The number of nitrogens with one attached hydrogen (secondary N) is 2. The largest absolute Gasteiger partial charge is 0.350 e. The molecule has 0 aliphatic heterocycles. The Morgan fingerprint density at radius 2 is 1.62 bits per heavy atom. The fourth-order valence-corrected chi connectivity index (χ4v) is 1.66. The van der Waals surface area contributed by atoms with E-state index in [0.717, 1.165) is 0 Å². The van der Waals surface area contributed by atoms with Crippen LogP contribution in [0.1, 0.15) is 45.0 Å². The van der Waals surface area contributed by atoms with Gasteiger partial charge in [-0.25, -0.2) is 0 Å². The number of anilines is 1. The van der Waals surface area contributed by atoms with Crippen LogP contribution < -0.4 is 16.4 Å². The van der Waals surface area contributed by atoms with Crippen LogP contribution in [0.4, 0.5) is 5.69 Å². The van der Waals surface area contributed by atoms with Crippen LogP contribution in [0.2, 0.25) is 0 Å². The summed E-state index contributed by atoms with van der Waals surface area (Å²) in [6.45, 7) is 9.55. The Morgan fingerprint density at radius 1 is 1.10 bits per heavy atom. The van der Waals surface area contributed by atoms with Crippen molar-refractivity contribution in [2.24, 2.45) is 11.1 Å². The highest BCUT2D eigenvalue weighted by Gasteiger charge is 2.27. The fourth-order valence-electron chi connectivity index (χ4n) is 1.66. The van der Waals surface area contributed by atoms with Gasteiger partial charge in [-0.05, 0) is 43.5 Å². The summed E-state index contributed by atoms with van der Waals surface area (Å²) >= 11 is 0. The number of amides is 2. The number of hydrogen-bond acceptors (Lipinski definition) is 3. The number of carbonyl (C=O) groups is 2. The van der Waals surface area contributed by atoms with Gasteiger partial charge in [-0.2, -0.15) is 0 Å². The molecule has 0 fully saturated rings. The van der Waals surface area contributed by atoms with Gasteiger partial charge in [-0.3, -0.25) is 9.59 Å². The summed E-state index contributed by atoms with van der Waals surface area (Å²) in [5, 5.41) is 5.57. The number of hydrogen-bond donors (Lipinski definition) is 3. The van der Waals surface area contributed by atoms with Crippen LogP contribution in [-0.2, 0) is 4.79 Å². The highest BCUT2D eigenvalue weighted by molar-refractivity contribution is 5.97. The minimum absolute atomic E-state index is 0.0849. The quantitative estimate of drug-likeness (QED) is 0.794. The summed E-state index contributed by atoms with van der Waals surface area (Å²) in [6, 6.07) is 6.24. The van der Waals surface area contributed by atoms with Gasteiger partial charge in [0.05, 0.1) is 6.04 Å². The second-order valence-electron chi connectivity index (χ2n) is 6.54. The maximum Gasteiger partial charge on any atom is 0.251 e. The van der Waals surface area contributed by atoms with E-state index in [0.29, 0.717) is 11.3 Å². The third-order valence-corrected chi connectivity index (χ3v) is 3.05. The van der Waals surface area contributed by atoms with Crippen molar-refractivity contribution in [2.45, 2.75) is 46.7 Å². The molecule has 1 atom stereocenters. The van der Waals surface area contributed by atoms with Crippen LogP contribution in [0.25, 0.3) is 0 Å². The predicted octanol–water partition coefficient (Wildman–Crippen LogP) is 2.14. The number of carbonyl (C=O) groups excluding carboxylic acids is 2. The molecule has 0 bridgehead atoms. The Kier molecular flexibility index (Phi) is 5.49. The summed E-state index contributed by atoms with van der Waals surface area (Å²) in [6.07, 6.45) is 0. The van der Waals surface area contributed by atoms with Gasteiger partial charge in [0.15, 0.2) is 0 Å². The van der Waals surface area contributed by atoms with Gasteiger partial charge in [-0.15, -0.1) is 0 Å². The van der Waals surface area contributed by atoms with Crippen molar-refractivity contribution in [3.63, 3.8) is 0 Å². The molecular formula is C16H25N3O2. The van der Waals surface area contributed by atoms with E-state index in [2.05, 4.69) is 10.6 Å². The third-order valence-electron chi connectivity index (χ3n) is 3.05. The first-order chi connectivity index (χ1) is 9.61. The van der Waals surface area contributed by atoms with E-state index in [1.54, 1.807) is 24.3 Å². The summed E-state index contributed by atoms with van der Waals surface area (Å²) in [7, 11) is 0. The lowest BCUT2D eigenvalue weighted by atomic mass is 9.87. The Bertz CT molecular complexity index is 501. The van der Waals surface area contributed by atoms with Crippen molar-refractivity contribution in [1.82, 2.24) is 5.32 Å². The zero-order valence-corrected chi connectivity index (χ0v) is 13.4. The lowest BCUT2D eigenvalue weighted by molar-refractivity contribution is -0.119. The van der Waals surface area contributed by atoms with Crippen LogP contribution in [0.15, 0.2) is 24.3 Å². The first kappa shape index (κ1) is 17.2. The number of benzene rings is 1. The van der Waals surface area contributed by atoms with E-state index in [1.165, 1.54) is 0 Å². The Labute approximate surface area is 126 Å². The molecule has 1 rings (SSSR count). The fraction of sp³-hybridized carbons (Fsp3) is 0.500. The molecular weight excluding hydrogens is 266 g/mol. The minimum Gasteiger partial charge on any atom is -0.350 e. The third kappa shape index (κ3) is 5.19. The van der Waals surface area contributed by atoms with E-state index in [4.69, 9.17) is 5.73 Å². The first-order valence-corrected chi connectivity index (χ1v) is 7.08. The molecule has 0 spiro atoms. The summed E-state index contributed by atoms with van der Waals surface area (Å²) in [5.41, 5.74) is 6.78. The monoisotopic (exact) mass is 291 g/mol. The SMILES string of the molecule is CC(C)NC(=O)c1ccc(NC(=O)[C@H](N)C(C)(C)C)cc1. The minimum atomic E-state index is -0.596. The molecule has 5 nitrogen and oxygen atoms in total. The lowest BCUT2D eigenvalue weighted by Crippen LogP contribution is -2.45. The topological polar surface area (TPSA) is 84.2 Å². The van der Waals surface area contributed by atoms with Gasteiger partial charge >= 0.3 is 0 Å². The molecule has 0 saturated carbocycles. The van der Waals surface area contributed by atoms with Crippen molar-refractivity contribution < 1.29 is 9.59 Å². The average molecular weight is 291 g/mol. The molecule has 0 saturated heterocycles. The maximum atomic E-state index is 12.0. The van der Waals surface area contributed by atoms with E-state index in [-0.39, 0.29) is 23.3 Å². The lowest BCUT2D eigenvalue weighted by Gasteiger charge is -2.25. The molecule has 0 aromatic heterocycles. The van der Waals surface area contributed by atoms with Crippen molar-refractivity contribution >= 4 is 17.5 Å². The van der Waals surface area contributed by atoms with Crippen molar-refractivity contribution in [3.05, 3.63) is 29.8 Å². The highest BCUT2D eigenvalue weighted by atomic mass is 16.2. The van der Waals surface area contributed by atoms with Crippen LogP contribution in [0, 0.1) is 5.41 Å². The first-order valence-electron chi connectivity index (χ1n) is 7.08. The standard InChI is InChI=1S/C16H25N3O2/c1-10(2)18-14(20)11-6-8-12(9-7-11)19-15(21)13(17)16(3,4)5/h6-10,13H,17H2,1-5H3,(H,18,20)(H,19,21)/t13-/m0/s1. The van der Waals surface area contributed by atoms with Gasteiger partial charge in [0.2, 0.25) is 5.91 Å². The molecule has 5 heteroatoms. The zero-order valence-electron chi connectivity index (χ0n) is 13.4. The maximum absolute atomic E-state index is 12.0. The van der Waals surface area contributed by atoms with Crippen molar-refractivity contribution in [2.75, 3.05) is 5.32 Å². The zero-order chi connectivity index (χ0) is 16.2. The summed E-state index contributed by atoms with van der Waals surface area (Å²) in [5.74, 6) is -0.365. The van der Waals surface area contributed by atoms with Crippen molar-refractivity contribution in [3.8, 4) is 0 Å². The Morgan fingerprint density at radius 3 is 2.05 bits per heavy atom. The molecule has 2 amide bonds. The summed E-state index contributed by atoms with van der Waals surface area (Å²) in [4.78, 5) is 23.8. The average Bonchev–Trinajstić information content (AvgIpc) is 2.36. The van der Waals surface area contributed by atoms with Crippen LogP contribution in [0.5, 0.6) is 0 Å². The van der Waals surface area contributed by atoms with Gasteiger partial charge in [0.1, 0.15) is 0 Å². The molecule has 0 aliphatic rings. The van der Waals surface area contributed by atoms with E-state index < -0.39 is 6.04 Å². The second kappa shape index (κ2) is 6.72. The predicted molar refractivity (Wildman–Crippen MR) is 85.1 cm³/mol. The summed E-state index contributed by atoms with van der Waals surface area (Å²) < 4.78 is 0. The molecule has 0 unspecified atom stereocenters. The van der Waals surface area contributed by atoms with Crippen LogP contribution in [0.3, 0.4) is 0 Å². The van der Waals surface area contributed by atoms with Gasteiger partial charge < -0.3 is 16.4 Å². The highest BCUT2D eigenvalue weighted by Crippen LogP contribution is 2.19. The van der Waals surface area contributed by atoms with Crippen LogP contribution >= 0.6 is 0 Å². The Balaban J connectivity index is 2.71. The van der Waals surface area contributed by atoms with Gasteiger partial charge in [0.25, 0.3) is 5.91 Å². The van der Waals surface area contributed by atoms with E-state index >= 15 is 0 Å². The molecule has 1 aromatic carbocycles. The van der Waals surface area contributed by atoms with Gasteiger partial charge in [-0.1, -0.05) is 20.8 Å². The van der Waals surface area contributed by atoms with Gasteiger partial charge in [0, 0.05) is 17.3 Å². The smallest absolute Gasteiger partial charge is 0.251 e. The second-order valence-corrected chi connectivity index (χ2v) is 6.54. The molecule has 21 heavy (non-hydrogen) atoms. The molecule has 0 radical (unpaired) electrons. The Hall–Kier alpha value is -1.88. The van der Waals surface area contributed by atoms with E-state index in [9.17, 15) is 9.59 Å². The molecule has 0 heterocycles. The number of nitrogens with two attached hydrogens (primary N) is 1. The number of rotatable bonds is 4. The normalized spacial score (nSPS) is 12.9. The molecule has 4 N–H and O–H groups in total.